The second-order valence-corrected chi connectivity index (χ2v) is 7.19. The van der Waals surface area contributed by atoms with E-state index in [4.69, 9.17) is 5.73 Å². The molecular weight excluding hydrogens is 310 g/mol. The van der Waals surface area contributed by atoms with Crippen molar-refractivity contribution in [2.45, 2.75) is 77.3 Å². The molecule has 0 aromatic rings. The van der Waals surface area contributed by atoms with E-state index in [2.05, 4.69) is 24.5 Å². The Kier molecular flexibility index (Phi) is 15.6. The van der Waals surface area contributed by atoms with Gasteiger partial charge in [0, 0.05) is 30.8 Å². The largest absolute Gasteiger partial charge is 0.356 e. The zero-order valence-corrected chi connectivity index (χ0v) is 15.6. The van der Waals surface area contributed by atoms with Gasteiger partial charge in [-0.1, -0.05) is 39.5 Å². The van der Waals surface area contributed by atoms with Crippen LogP contribution >= 0.6 is 11.8 Å². The van der Waals surface area contributed by atoms with Gasteiger partial charge in [-0.15, -0.1) is 0 Å². The minimum Gasteiger partial charge on any atom is -0.356 e. The molecule has 0 aromatic carbocycles. The summed E-state index contributed by atoms with van der Waals surface area (Å²) in [5.74, 6) is 2.08. The highest BCUT2D eigenvalue weighted by atomic mass is 32.2. The van der Waals surface area contributed by atoms with Crippen molar-refractivity contribution in [2.75, 3.05) is 18.1 Å². The first-order valence-electron chi connectivity index (χ1n) is 8.95. The molecule has 5 nitrogen and oxygen atoms in total. The molecule has 0 saturated carbocycles. The molecule has 0 unspecified atom stereocenters. The monoisotopic (exact) mass is 345 g/mol. The lowest BCUT2D eigenvalue weighted by molar-refractivity contribution is -0.121. The lowest BCUT2D eigenvalue weighted by atomic mass is 10.0. The zero-order chi connectivity index (χ0) is 17.3. The smallest absolute Gasteiger partial charge is 0.219 e. The normalized spacial score (nSPS) is 13.3. The number of amides is 2. The van der Waals surface area contributed by atoms with Gasteiger partial charge in [-0.05, 0) is 25.0 Å². The molecule has 0 heterocycles. The molecule has 0 aliphatic carbocycles. The van der Waals surface area contributed by atoms with Crippen LogP contribution in [0, 0.1) is 0 Å². The third-order valence-electron chi connectivity index (χ3n) is 3.83. The molecule has 0 aliphatic heterocycles. The first kappa shape index (κ1) is 22.2. The summed E-state index contributed by atoms with van der Waals surface area (Å²) in [5.41, 5.74) is 6.13. The Morgan fingerprint density at radius 1 is 1.17 bits per heavy atom. The van der Waals surface area contributed by atoms with E-state index in [0.29, 0.717) is 6.42 Å². The maximum atomic E-state index is 11.6. The maximum absolute atomic E-state index is 11.6. The summed E-state index contributed by atoms with van der Waals surface area (Å²) < 4.78 is 0. The summed E-state index contributed by atoms with van der Waals surface area (Å²) in [7, 11) is 0. The number of nitrogens with one attached hydrogen (secondary N) is 2. The van der Waals surface area contributed by atoms with Crippen molar-refractivity contribution in [3.63, 3.8) is 0 Å². The maximum Gasteiger partial charge on any atom is 0.219 e. The minimum absolute atomic E-state index is 0.00879. The van der Waals surface area contributed by atoms with Crippen LogP contribution in [0.3, 0.4) is 0 Å². The number of unbranched alkanes of at least 4 members (excludes halogenated alkanes) is 4. The molecule has 2 amide bonds. The lowest BCUT2D eigenvalue weighted by Crippen LogP contribution is -2.46. The van der Waals surface area contributed by atoms with E-state index in [9.17, 15) is 9.59 Å². The average Bonchev–Trinajstić information content (AvgIpc) is 2.54. The second-order valence-electron chi connectivity index (χ2n) is 5.87. The lowest BCUT2D eigenvalue weighted by Gasteiger charge is -2.23. The number of thioether (sulfide) groups is 1. The molecule has 136 valence electrons. The van der Waals surface area contributed by atoms with Crippen molar-refractivity contribution in [2.24, 2.45) is 5.73 Å². The van der Waals surface area contributed by atoms with Crippen LogP contribution in [0.25, 0.3) is 0 Å². The van der Waals surface area contributed by atoms with Gasteiger partial charge in [0.25, 0.3) is 0 Å². The van der Waals surface area contributed by atoms with Crippen LogP contribution in [0.4, 0.5) is 0 Å². The molecule has 23 heavy (non-hydrogen) atoms. The highest BCUT2D eigenvalue weighted by molar-refractivity contribution is 7.99. The molecule has 0 rings (SSSR count). The summed E-state index contributed by atoms with van der Waals surface area (Å²) in [5, 5.41) is 5.78. The Morgan fingerprint density at radius 2 is 1.91 bits per heavy atom. The van der Waals surface area contributed by atoms with E-state index in [0.717, 1.165) is 69.4 Å². The predicted octanol–water partition coefficient (Wildman–Crippen LogP) is 2.44. The van der Waals surface area contributed by atoms with Crippen molar-refractivity contribution < 1.29 is 9.59 Å². The fourth-order valence-corrected chi connectivity index (χ4v) is 3.12. The molecule has 4 N–H and O–H groups in total. The Balaban J connectivity index is 3.69. The summed E-state index contributed by atoms with van der Waals surface area (Å²) in [4.78, 5) is 22.2. The zero-order valence-electron chi connectivity index (χ0n) is 14.8. The molecule has 0 radical (unpaired) electrons. The van der Waals surface area contributed by atoms with Crippen molar-refractivity contribution in [3.8, 4) is 0 Å². The molecule has 0 aromatic heterocycles. The van der Waals surface area contributed by atoms with Crippen LogP contribution in [-0.2, 0) is 9.59 Å². The first-order valence-corrected chi connectivity index (χ1v) is 10.1. The number of nitrogens with two attached hydrogens (primary N) is 1. The van der Waals surface area contributed by atoms with E-state index in [-0.39, 0.29) is 18.0 Å². The Labute approximate surface area is 145 Å². The number of hydrogen-bond acceptors (Lipinski definition) is 4. The summed E-state index contributed by atoms with van der Waals surface area (Å²) >= 11 is 1.80. The van der Waals surface area contributed by atoms with Gasteiger partial charge in [-0.25, -0.2) is 0 Å². The van der Waals surface area contributed by atoms with E-state index >= 15 is 0 Å². The SMILES string of the molecule is CCCCNC(=O)CCCCCC[C@@H](NC=O)[C@@H](N)CSCC. The van der Waals surface area contributed by atoms with Gasteiger partial charge in [0.15, 0.2) is 0 Å². The molecule has 0 saturated heterocycles. The number of carbonyl (C=O) groups is 2. The van der Waals surface area contributed by atoms with Gasteiger partial charge in [0.2, 0.25) is 12.3 Å². The van der Waals surface area contributed by atoms with Crippen molar-refractivity contribution in [1.82, 2.24) is 10.6 Å². The Bertz CT molecular complexity index is 304. The third kappa shape index (κ3) is 13.4. The van der Waals surface area contributed by atoms with E-state index in [1.165, 1.54) is 0 Å². The van der Waals surface area contributed by atoms with E-state index < -0.39 is 0 Å². The molecular formula is C17H35N3O2S. The van der Waals surface area contributed by atoms with Crippen molar-refractivity contribution >= 4 is 24.1 Å². The van der Waals surface area contributed by atoms with Crippen LogP contribution in [0.1, 0.15) is 65.2 Å². The third-order valence-corrected chi connectivity index (χ3v) is 4.86. The highest BCUT2D eigenvalue weighted by Crippen LogP contribution is 2.11. The highest BCUT2D eigenvalue weighted by Gasteiger charge is 2.16. The van der Waals surface area contributed by atoms with Gasteiger partial charge < -0.3 is 16.4 Å². The van der Waals surface area contributed by atoms with Gasteiger partial charge in [0.1, 0.15) is 0 Å². The predicted molar refractivity (Wildman–Crippen MR) is 99.6 cm³/mol. The standard InChI is InChI=1S/C17H35N3O2S/c1-3-5-12-19-17(22)11-9-7-6-8-10-16(20-14-21)15(18)13-23-4-2/h14-16H,3-13,18H2,1-2H3,(H,19,22)(H,20,21)/t15-,16+/m0/s1. The Morgan fingerprint density at radius 3 is 2.57 bits per heavy atom. The van der Waals surface area contributed by atoms with Gasteiger partial charge in [-0.3, -0.25) is 9.59 Å². The van der Waals surface area contributed by atoms with Gasteiger partial charge in [0.05, 0.1) is 0 Å². The topological polar surface area (TPSA) is 84.2 Å². The summed E-state index contributed by atoms with van der Waals surface area (Å²) in [6, 6.07) is 0.0679. The molecule has 0 spiro atoms. The molecule has 0 fully saturated rings. The van der Waals surface area contributed by atoms with Crippen LogP contribution in [0.15, 0.2) is 0 Å². The summed E-state index contributed by atoms with van der Waals surface area (Å²) in [6.07, 6.45) is 8.53. The Hall–Kier alpha value is -0.750. The number of carbonyl (C=O) groups excluding carboxylic acids is 2. The van der Waals surface area contributed by atoms with Gasteiger partial charge in [-0.2, -0.15) is 11.8 Å². The fourth-order valence-electron chi connectivity index (χ4n) is 2.37. The second kappa shape index (κ2) is 16.1. The van der Waals surface area contributed by atoms with Crippen LogP contribution in [0.2, 0.25) is 0 Å². The van der Waals surface area contributed by atoms with Gasteiger partial charge >= 0.3 is 0 Å². The summed E-state index contributed by atoms with van der Waals surface area (Å²) in [6.45, 7) is 5.02. The fraction of sp³-hybridized carbons (Fsp3) is 0.882. The molecule has 0 aliphatic rings. The average molecular weight is 346 g/mol. The van der Waals surface area contributed by atoms with Crippen LogP contribution < -0.4 is 16.4 Å². The quantitative estimate of drug-likeness (QED) is 0.296. The molecule has 2 atom stereocenters. The number of hydrogen-bond donors (Lipinski definition) is 3. The van der Waals surface area contributed by atoms with Crippen LogP contribution in [-0.4, -0.2) is 42.5 Å². The molecule has 6 heteroatoms. The van der Waals surface area contributed by atoms with E-state index in [1.807, 2.05) is 0 Å². The number of rotatable bonds is 16. The minimum atomic E-state index is 0.00879. The van der Waals surface area contributed by atoms with Crippen LogP contribution in [0.5, 0.6) is 0 Å². The van der Waals surface area contributed by atoms with E-state index in [1.54, 1.807) is 11.8 Å². The first-order chi connectivity index (χ1) is 11.2. The van der Waals surface area contributed by atoms with Crippen molar-refractivity contribution in [3.05, 3.63) is 0 Å². The van der Waals surface area contributed by atoms with Crippen molar-refractivity contribution in [1.29, 1.82) is 0 Å². The molecule has 0 bridgehead atoms.